The first-order chi connectivity index (χ1) is 15.4. The summed E-state index contributed by atoms with van der Waals surface area (Å²) in [7, 11) is 6.27. The Balaban J connectivity index is 2.20. The van der Waals surface area contributed by atoms with E-state index in [0.29, 0.717) is 11.3 Å². The molecule has 0 saturated carbocycles. The lowest BCUT2D eigenvalue weighted by atomic mass is 9.99. The number of aromatic nitrogens is 1. The van der Waals surface area contributed by atoms with Crippen LogP contribution in [0.2, 0.25) is 0 Å². The minimum atomic E-state index is -0.659. The number of hydrogen-bond donors (Lipinski definition) is 1. The van der Waals surface area contributed by atoms with Gasteiger partial charge >= 0.3 is 11.9 Å². The molecule has 7 nitrogen and oxygen atoms in total. The van der Waals surface area contributed by atoms with Crippen LogP contribution in [0.4, 0.5) is 5.69 Å². The third-order valence-electron chi connectivity index (χ3n) is 4.69. The van der Waals surface area contributed by atoms with Crippen molar-refractivity contribution in [2.24, 2.45) is 4.99 Å². The Morgan fingerprint density at radius 1 is 0.875 bits per heavy atom. The zero-order valence-corrected chi connectivity index (χ0v) is 18.5. The molecular weight excluding hydrogens is 406 g/mol. The van der Waals surface area contributed by atoms with Crippen molar-refractivity contribution in [3.8, 4) is 0 Å². The number of nitrogens with one attached hydrogen (secondary N) is 1. The van der Waals surface area contributed by atoms with Crippen molar-refractivity contribution in [2.45, 2.75) is 0 Å². The average Bonchev–Trinajstić information content (AvgIpc) is 3.22. The van der Waals surface area contributed by atoms with Crippen LogP contribution < -0.4 is 0 Å². The van der Waals surface area contributed by atoms with E-state index in [2.05, 4.69) is 9.98 Å². The zero-order chi connectivity index (χ0) is 23.1. The molecular formula is C25H25N3O4. The fourth-order valence-corrected chi connectivity index (χ4v) is 3.14. The van der Waals surface area contributed by atoms with Crippen LogP contribution in [0.15, 0.2) is 70.9 Å². The zero-order valence-electron chi connectivity index (χ0n) is 18.5. The lowest BCUT2D eigenvalue weighted by molar-refractivity contribution is -0.139. The number of nitrogens with zero attached hydrogens (tertiary/aromatic N) is 2. The second-order valence-corrected chi connectivity index (χ2v) is 7.16. The molecule has 1 N–H and O–H groups in total. The normalized spacial score (nSPS) is 12.2. The number of methoxy groups -OCH3 is 2. The van der Waals surface area contributed by atoms with Crippen LogP contribution in [-0.4, -0.2) is 56.5 Å². The Hall–Kier alpha value is -4.13. The van der Waals surface area contributed by atoms with E-state index in [9.17, 15) is 9.59 Å². The number of esters is 2. The van der Waals surface area contributed by atoms with Crippen LogP contribution in [0, 0.1) is 0 Å². The summed E-state index contributed by atoms with van der Waals surface area (Å²) >= 11 is 0. The van der Waals surface area contributed by atoms with Crippen LogP contribution in [0.5, 0.6) is 0 Å². The second kappa shape index (κ2) is 10.3. The highest BCUT2D eigenvalue weighted by Crippen LogP contribution is 2.28. The smallest absolute Gasteiger partial charge is 0.338 e. The van der Waals surface area contributed by atoms with E-state index in [0.717, 1.165) is 16.5 Å². The van der Waals surface area contributed by atoms with E-state index in [1.165, 1.54) is 14.2 Å². The molecule has 0 fully saturated rings. The maximum atomic E-state index is 12.8. The number of ether oxygens (including phenoxy) is 2. The Bertz CT molecular complexity index is 1220. The Morgan fingerprint density at radius 3 is 2.12 bits per heavy atom. The average molecular weight is 431 g/mol. The molecule has 0 saturated heterocycles. The number of carbonyl (C=O) groups excluding carboxylic acids is 2. The molecule has 0 aliphatic heterocycles. The Kier molecular flexibility index (Phi) is 7.23. The van der Waals surface area contributed by atoms with Gasteiger partial charge in [0, 0.05) is 42.3 Å². The highest BCUT2D eigenvalue weighted by Gasteiger charge is 2.23. The van der Waals surface area contributed by atoms with Gasteiger partial charge in [-0.25, -0.2) is 14.6 Å². The molecule has 0 atom stereocenters. The molecule has 0 radical (unpaired) electrons. The van der Waals surface area contributed by atoms with Gasteiger partial charge in [0.1, 0.15) is 0 Å². The quantitative estimate of drug-likeness (QED) is 0.199. The fraction of sp³-hybridized carbons (Fsp3) is 0.160. The minimum absolute atomic E-state index is 0.0668. The monoisotopic (exact) mass is 431 g/mol. The summed E-state index contributed by atoms with van der Waals surface area (Å²) in [6.07, 6.45) is 6.65. The van der Waals surface area contributed by atoms with Crippen molar-refractivity contribution >= 4 is 47.0 Å². The van der Waals surface area contributed by atoms with Gasteiger partial charge in [0.25, 0.3) is 0 Å². The van der Waals surface area contributed by atoms with Crippen LogP contribution >= 0.6 is 0 Å². The fourth-order valence-electron chi connectivity index (χ4n) is 3.14. The SMILES string of the molecule is COC(=O)C(=Cc1ccccc1N=CN(C)C)C(=Cc1c[nH]c2ccccc12)C(=O)OC. The van der Waals surface area contributed by atoms with E-state index in [1.807, 2.05) is 62.6 Å². The summed E-state index contributed by atoms with van der Waals surface area (Å²) in [5, 5.41) is 0.911. The molecule has 7 heteroatoms. The van der Waals surface area contributed by atoms with Gasteiger partial charge in [-0.15, -0.1) is 0 Å². The van der Waals surface area contributed by atoms with Gasteiger partial charge in [-0.05, 0) is 24.3 Å². The van der Waals surface area contributed by atoms with Crippen molar-refractivity contribution < 1.29 is 19.1 Å². The number of aromatic amines is 1. The molecule has 164 valence electrons. The largest absolute Gasteiger partial charge is 0.465 e. The second-order valence-electron chi connectivity index (χ2n) is 7.16. The van der Waals surface area contributed by atoms with E-state index in [-0.39, 0.29) is 11.1 Å². The lowest BCUT2D eigenvalue weighted by Gasteiger charge is -2.11. The summed E-state index contributed by atoms with van der Waals surface area (Å²) in [4.78, 5) is 34.9. The maximum absolute atomic E-state index is 12.8. The molecule has 3 rings (SSSR count). The van der Waals surface area contributed by atoms with Crippen molar-refractivity contribution in [3.05, 3.63) is 77.0 Å². The summed E-state index contributed by atoms with van der Waals surface area (Å²) < 4.78 is 9.99. The maximum Gasteiger partial charge on any atom is 0.338 e. The molecule has 0 spiro atoms. The predicted molar refractivity (Wildman–Crippen MR) is 127 cm³/mol. The van der Waals surface area contributed by atoms with E-state index in [1.54, 1.807) is 29.6 Å². The number of carbonyl (C=O) groups is 2. The molecule has 1 heterocycles. The number of H-pyrrole nitrogens is 1. The van der Waals surface area contributed by atoms with Crippen LogP contribution in [0.1, 0.15) is 11.1 Å². The molecule has 2 aromatic carbocycles. The summed E-state index contributed by atoms with van der Waals surface area (Å²) in [5.41, 5.74) is 3.09. The van der Waals surface area contributed by atoms with Crippen LogP contribution in [0.25, 0.3) is 23.1 Å². The lowest BCUT2D eigenvalue weighted by Crippen LogP contribution is -2.15. The molecule has 3 aromatic rings. The molecule has 0 amide bonds. The highest BCUT2D eigenvalue weighted by molar-refractivity contribution is 6.13. The van der Waals surface area contributed by atoms with Gasteiger partial charge in [0.15, 0.2) is 0 Å². The minimum Gasteiger partial charge on any atom is -0.465 e. The van der Waals surface area contributed by atoms with Crippen molar-refractivity contribution in [1.82, 2.24) is 9.88 Å². The molecule has 0 unspecified atom stereocenters. The third-order valence-corrected chi connectivity index (χ3v) is 4.69. The Labute approximate surface area is 186 Å². The van der Waals surface area contributed by atoms with Crippen molar-refractivity contribution in [2.75, 3.05) is 28.3 Å². The van der Waals surface area contributed by atoms with Gasteiger partial charge in [-0.1, -0.05) is 36.4 Å². The molecule has 1 aromatic heterocycles. The Morgan fingerprint density at radius 2 is 1.47 bits per heavy atom. The summed E-state index contributed by atoms with van der Waals surface area (Å²) in [6.45, 7) is 0. The molecule has 0 aliphatic carbocycles. The third kappa shape index (κ3) is 5.13. The number of benzene rings is 2. The van der Waals surface area contributed by atoms with Crippen molar-refractivity contribution in [3.63, 3.8) is 0 Å². The number of hydrogen-bond acceptors (Lipinski definition) is 5. The van der Waals surface area contributed by atoms with Crippen LogP contribution in [-0.2, 0) is 19.1 Å². The van der Waals surface area contributed by atoms with E-state index < -0.39 is 11.9 Å². The highest BCUT2D eigenvalue weighted by atomic mass is 16.5. The number of aliphatic imine (C=N–C) groups is 1. The first-order valence-corrected chi connectivity index (χ1v) is 9.90. The van der Waals surface area contributed by atoms with E-state index >= 15 is 0 Å². The van der Waals surface area contributed by atoms with Gasteiger partial charge < -0.3 is 19.4 Å². The predicted octanol–water partition coefficient (Wildman–Crippen LogP) is 4.20. The summed E-state index contributed by atoms with van der Waals surface area (Å²) in [6, 6.07) is 15.0. The molecule has 0 bridgehead atoms. The number of rotatable bonds is 7. The van der Waals surface area contributed by atoms with Gasteiger partial charge in [-0.2, -0.15) is 0 Å². The topological polar surface area (TPSA) is 84.0 Å². The molecule has 0 aliphatic rings. The summed E-state index contributed by atoms with van der Waals surface area (Å²) in [5.74, 6) is -1.31. The van der Waals surface area contributed by atoms with Crippen LogP contribution in [0.3, 0.4) is 0 Å². The molecule has 32 heavy (non-hydrogen) atoms. The van der Waals surface area contributed by atoms with E-state index in [4.69, 9.17) is 9.47 Å². The number of para-hydroxylation sites is 2. The van der Waals surface area contributed by atoms with Gasteiger partial charge in [0.2, 0.25) is 0 Å². The standard InChI is InChI=1S/C25H25N3O4/c1-28(2)16-27-22-11-7-5-9-17(22)13-20(24(29)31-3)21(25(30)32-4)14-18-15-26-23-12-8-6-10-19(18)23/h5-16,26H,1-4H3. The van der Waals surface area contributed by atoms with Crippen molar-refractivity contribution in [1.29, 1.82) is 0 Å². The van der Waals surface area contributed by atoms with Gasteiger partial charge in [0.05, 0.1) is 37.4 Å². The number of fused-ring (bicyclic) bond motifs is 1. The first-order valence-electron chi connectivity index (χ1n) is 9.90. The van der Waals surface area contributed by atoms with Gasteiger partial charge in [-0.3, -0.25) is 0 Å². The first kappa shape index (κ1) is 22.6.